The number of rotatable bonds is 5. The number of aliphatic hydroxyl groups excluding tert-OH is 1. The Kier molecular flexibility index (Phi) is 4.85. The minimum atomic E-state index is -2.80. The number of aromatic nitrogens is 2. The van der Waals surface area contributed by atoms with Gasteiger partial charge >= 0.3 is 0 Å². The molecule has 2 unspecified atom stereocenters. The summed E-state index contributed by atoms with van der Waals surface area (Å²) in [5, 5.41) is 14.0. The van der Waals surface area contributed by atoms with E-state index in [1.54, 1.807) is 31.2 Å². The molecular formula is C18H16F3N3O. The van der Waals surface area contributed by atoms with Crippen LogP contribution in [0.2, 0.25) is 0 Å². The van der Waals surface area contributed by atoms with Crippen molar-refractivity contribution < 1.29 is 18.3 Å². The third-order valence-corrected chi connectivity index (χ3v) is 3.87. The quantitative estimate of drug-likeness (QED) is 0.725. The van der Waals surface area contributed by atoms with Crippen LogP contribution < -0.4 is 5.32 Å². The smallest absolute Gasteiger partial charge is 0.297 e. The lowest BCUT2D eigenvalue weighted by atomic mass is 10.0. The Balaban J connectivity index is 1.92. The molecule has 4 nitrogen and oxygen atoms in total. The van der Waals surface area contributed by atoms with Crippen LogP contribution in [0.3, 0.4) is 0 Å². The van der Waals surface area contributed by atoms with Crippen molar-refractivity contribution in [1.29, 1.82) is 0 Å². The van der Waals surface area contributed by atoms with E-state index in [0.717, 1.165) is 0 Å². The summed E-state index contributed by atoms with van der Waals surface area (Å²) in [4.78, 5) is 7.74. The molecule has 1 heterocycles. The largest absolute Gasteiger partial charge is 0.386 e. The maximum Gasteiger partial charge on any atom is 0.297 e. The molecule has 0 aliphatic heterocycles. The number of para-hydroxylation sites is 1. The Morgan fingerprint density at radius 2 is 1.68 bits per heavy atom. The second kappa shape index (κ2) is 7.06. The van der Waals surface area contributed by atoms with Crippen LogP contribution in [0.5, 0.6) is 0 Å². The molecule has 3 aromatic rings. The predicted octanol–water partition coefficient (Wildman–Crippen LogP) is 4.24. The lowest BCUT2D eigenvalue weighted by Gasteiger charge is -2.22. The molecule has 0 amide bonds. The van der Waals surface area contributed by atoms with E-state index < -0.39 is 30.2 Å². The predicted molar refractivity (Wildman–Crippen MR) is 88.9 cm³/mol. The number of hydrogen-bond acceptors (Lipinski definition) is 4. The molecule has 1 aromatic heterocycles. The second-order valence-corrected chi connectivity index (χ2v) is 5.68. The third kappa shape index (κ3) is 3.71. The monoisotopic (exact) mass is 347 g/mol. The molecule has 2 atom stereocenters. The average Bonchev–Trinajstić information content (AvgIpc) is 2.61. The van der Waals surface area contributed by atoms with Crippen LogP contribution in [0, 0.1) is 5.82 Å². The first-order valence-corrected chi connectivity index (χ1v) is 7.70. The van der Waals surface area contributed by atoms with Gasteiger partial charge < -0.3 is 10.4 Å². The van der Waals surface area contributed by atoms with Crippen LogP contribution >= 0.6 is 0 Å². The van der Waals surface area contributed by atoms with Crippen molar-refractivity contribution in [2.45, 2.75) is 25.5 Å². The molecule has 25 heavy (non-hydrogen) atoms. The van der Waals surface area contributed by atoms with E-state index in [0.29, 0.717) is 16.5 Å². The van der Waals surface area contributed by atoms with Crippen LogP contribution in [0.1, 0.15) is 30.8 Å². The average molecular weight is 347 g/mol. The molecule has 0 fully saturated rings. The summed E-state index contributed by atoms with van der Waals surface area (Å²) < 4.78 is 39.1. The summed E-state index contributed by atoms with van der Waals surface area (Å²) in [5.41, 5.74) is 0.896. The van der Waals surface area contributed by atoms with E-state index in [2.05, 4.69) is 15.3 Å². The number of fused-ring (bicyclic) bond motifs is 1. The molecule has 2 N–H and O–H groups in total. The molecule has 130 valence electrons. The van der Waals surface area contributed by atoms with E-state index in [4.69, 9.17) is 0 Å². The number of aliphatic hydroxyl groups is 1. The first kappa shape index (κ1) is 17.2. The summed E-state index contributed by atoms with van der Waals surface area (Å²) in [6.07, 6.45) is -3.77. The van der Waals surface area contributed by atoms with Gasteiger partial charge in [-0.15, -0.1) is 0 Å². The number of benzene rings is 2. The SMILES string of the molecule is CC(Nc1nc(C(F)F)nc2ccccc12)C(O)c1ccc(F)cc1. The minimum Gasteiger partial charge on any atom is -0.386 e. The number of hydrogen-bond donors (Lipinski definition) is 2. The number of nitrogens with one attached hydrogen (secondary N) is 1. The van der Waals surface area contributed by atoms with Crippen LogP contribution in [0.15, 0.2) is 48.5 Å². The molecule has 0 radical (unpaired) electrons. The number of anilines is 1. The van der Waals surface area contributed by atoms with Crippen molar-refractivity contribution in [1.82, 2.24) is 9.97 Å². The summed E-state index contributed by atoms with van der Waals surface area (Å²) in [6.45, 7) is 1.69. The number of halogens is 3. The lowest BCUT2D eigenvalue weighted by Crippen LogP contribution is -2.25. The maximum absolute atomic E-state index is 13.0. The van der Waals surface area contributed by atoms with Gasteiger partial charge in [0.1, 0.15) is 11.6 Å². The molecule has 0 bridgehead atoms. The van der Waals surface area contributed by atoms with Crippen LogP contribution in [0.4, 0.5) is 19.0 Å². The van der Waals surface area contributed by atoms with Gasteiger partial charge in [-0.3, -0.25) is 0 Å². The molecular weight excluding hydrogens is 331 g/mol. The van der Waals surface area contributed by atoms with Crippen LogP contribution in [-0.4, -0.2) is 21.1 Å². The molecule has 2 aromatic carbocycles. The van der Waals surface area contributed by atoms with Crippen molar-refractivity contribution >= 4 is 16.7 Å². The molecule has 0 aliphatic carbocycles. The zero-order chi connectivity index (χ0) is 18.0. The fourth-order valence-electron chi connectivity index (χ4n) is 2.55. The summed E-state index contributed by atoms with van der Waals surface area (Å²) in [7, 11) is 0. The van der Waals surface area contributed by atoms with Crippen molar-refractivity contribution in [2.75, 3.05) is 5.32 Å². The van der Waals surface area contributed by atoms with Crippen molar-refractivity contribution in [3.05, 3.63) is 65.7 Å². The second-order valence-electron chi connectivity index (χ2n) is 5.68. The van der Waals surface area contributed by atoms with Crippen LogP contribution in [-0.2, 0) is 0 Å². The maximum atomic E-state index is 13.0. The van der Waals surface area contributed by atoms with Crippen molar-refractivity contribution in [2.24, 2.45) is 0 Å². The fourth-order valence-corrected chi connectivity index (χ4v) is 2.55. The first-order valence-electron chi connectivity index (χ1n) is 7.70. The molecule has 3 rings (SSSR count). The molecule has 0 aliphatic rings. The van der Waals surface area contributed by atoms with Gasteiger partial charge in [0.2, 0.25) is 0 Å². The highest BCUT2D eigenvalue weighted by atomic mass is 19.3. The molecule has 0 saturated heterocycles. The van der Waals surface area contributed by atoms with Crippen LogP contribution in [0.25, 0.3) is 10.9 Å². The lowest BCUT2D eigenvalue weighted by molar-refractivity contribution is 0.140. The number of alkyl halides is 2. The summed E-state index contributed by atoms with van der Waals surface area (Å²) in [6, 6.07) is 11.7. The molecule has 0 saturated carbocycles. The summed E-state index contributed by atoms with van der Waals surface area (Å²) >= 11 is 0. The standard InChI is InChI=1S/C18H16F3N3O/c1-10(15(25)11-6-8-12(19)9-7-11)22-17-13-4-2-3-5-14(13)23-18(24-17)16(20)21/h2-10,15-16,25H,1H3,(H,22,23,24). The van der Waals surface area contributed by atoms with E-state index in [1.807, 2.05) is 0 Å². The number of nitrogens with zero attached hydrogens (tertiary/aromatic N) is 2. The normalized spacial score (nSPS) is 13.8. The fraction of sp³-hybridized carbons (Fsp3) is 0.222. The zero-order valence-corrected chi connectivity index (χ0v) is 13.3. The molecule has 7 heteroatoms. The Labute approximate surface area is 142 Å². The van der Waals surface area contributed by atoms with Gasteiger partial charge in [0.05, 0.1) is 17.7 Å². The Hall–Kier alpha value is -2.67. The van der Waals surface area contributed by atoms with Crippen molar-refractivity contribution in [3.8, 4) is 0 Å². The topological polar surface area (TPSA) is 58.0 Å². The third-order valence-electron chi connectivity index (χ3n) is 3.87. The highest BCUT2D eigenvalue weighted by Gasteiger charge is 2.20. The van der Waals surface area contributed by atoms with E-state index in [-0.39, 0.29) is 5.82 Å². The highest BCUT2D eigenvalue weighted by molar-refractivity contribution is 5.89. The zero-order valence-electron chi connectivity index (χ0n) is 13.3. The summed E-state index contributed by atoms with van der Waals surface area (Å²) in [5.74, 6) is -0.765. The van der Waals surface area contributed by atoms with Gasteiger partial charge in [-0.2, -0.15) is 0 Å². The van der Waals surface area contributed by atoms with Gasteiger partial charge in [-0.1, -0.05) is 24.3 Å². The van der Waals surface area contributed by atoms with E-state index >= 15 is 0 Å². The Bertz CT molecular complexity index is 871. The van der Waals surface area contributed by atoms with Gasteiger partial charge in [0, 0.05) is 5.39 Å². The van der Waals surface area contributed by atoms with Crippen molar-refractivity contribution in [3.63, 3.8) is 0 Å². The first-order chi connectivity index (χ1) is 12.0. The van der Waals surface area contributed by atoms with E-state index in [9.17, 15) is 18.3 Å². The highest BCUT2D eigenvalue weighted by Crippen LogP contribution is 2.27. The van der Waals surface area contributed by atoms with E-state index in [1.165, 1.54) is 24.3 Å². The molecule has 0 spiro atoms. The van der Waals surface area contributed by atoms with Gasteiger partial charge in [0.15, 0.2) is 5.82 Å². The van der Waals surface area contributed by atoms with Gasteiger partial charge in [-0.05, 0) is 36.8 Å². The Morgan fingerprint density at radius 1 is 1.00 bits per heavy atom. The Morgan fingerprint density at radius 3 is 2.36 bits per heavy atom. The van der Waals surface area contributed by atoms with Gasteiger partial charge in [-0.25, -0.2) is 23.1 Å². The van der Waals surface area contributed by atoms with Gasteiger partial charge in [0.25, 0.3) is 6.43 Å². The minimum absolute atomic E-state index is 0.217.